The summed E-state index contributed by atoms with van der Waals surface area (Å²) in [6.07, 6.45) is 0. The van der Waals surface area contributed by atoms with Crippen molar-refractivity contribution in [2.75, 3.05) is 12.4 Å². The van der Waals surface area contributed by atoms with Gasteiger partial charge in [-0.2, -0.15) is 10.5 Å². The van der Waals surface area contributed by atoms with E-state index >= 15 is 0 Å². The van der Waals surface area contributed by atoms with E-state index in [1.165, 1.54) is 11.8 Å². The number of benzene rings is 1. The third kappa shape index (κ3) is 1.42. The molecule has 1 spiro atoms. The fourth-order valence-electron chi connectivity index (χ4n) is 3.93. The molecule has 1 saturated heterocycles. The minimum atomic E-state index is -1.23. The van der Waals surface area contributed by atoms with Crippen molar-refractivity contribution in [1.29, 1.82) is 10.5 Å². The van der Waals surface area contributed by atoms with Crippen LogP contribution in [0.15, 0.2) is 23.2 Å². The molecule has 0 amide bonds. The average molecular weight is 365 g/mol. The molecular formula is C15H10Cl2N4OS. The maximum absolute atomic E-state index is 10.00. The van der Waals surface area contributed by atoms with Crippen molar-refractivity contribution in [3.05, 3.63) is 33.8 Å². The molecule has 4 rings (SSSR count). The molecule has 3 aliphatic rings. The van der Waals surface area contributed by atoms with Gasteiger partial charge in [-0.15, -0.1) is 0 Å². The van der Waals surface area contributed by atoms with E-state index in [0.717, 1.165) is 0 Å². The SMILES string of the molecule is N#C[C@@]12[C@@H](c3cccc(Cl)c3Cl)[C@]1(C#N)C(N)=N[C@@]21OCCS1. The van der Waals surface area contributed by atoms with Crippen molar-refractivity contribution in [3.63, 3.8) is 0 Å². The van der Waals surface area contributed by atoms with Crippen molar-refractivity contribution < 1.29 is 4.74 Å². The second kappa shape index (κ2) is 4.55. The van der Waals surface area contributed by atoms with Crippen LogP contribution in [0.5, 0.6) is 0 Å². The van der Waals surface area contributed by atoms with Gasteiger partial charge in [-0.25, -0.2) is 4.99 Å². The van der Waals surface area contributed by atoms with Crippen molar-refractivity contribution in [3.8, 4) is 12.1 Å². The Morgan fingerprint density at radius 1 is 1.35 bits per heavy atom. The highest BCUT2D eigenvalue weighted by Gasteiger charge is 2.93. The fraction of sp³-hybridized carbons (Fsp3) is 0.400. The van der Waals surface area contributed by atoms with Gasteiger partial charge in [0.15, 0.2) is 5.41 Å². The summed E-state index contributed by atoms with van der Waals surface area (Å²) in [5.74, 6) is 0.314. The Labute approximate surface area is 147 Å². The molecule has 2 fully saturated rings. The van der Waals surface area contributed by atoms with Crippen molar-refractivity contribution in [2.24, 2.45) is 21.6 Å². The minimum Gasteiger partial charge on any atom is -0.386 e. The molecular weight excluding hydrogens is 355 g/mol. The Morgan fingerprint density at radius 2 is 2.13 bits per heavy atom. The third-order valence-corrected chi connectivity index (χ3v) is 7.03. The lowest BCUT2D eigenvalue weighted by Crippen LogP contribution is -2.34. The monoisotopic (exact) mass is 364 g/mol. The van der Waals surface area contributed by atoms with E-state index < -0.39 is 21.8 Å². The first-order valence-corrected chi connectivity index (χ1v) is 8.65. The Bertz CT molecular complexity index is 839. The molecule has 8 heteroatoms. The number of ether oxygens (including phenoxy) is 1. The van der Waals surface area contributed by atoms with Crippen LogP contribution in [0.4, 0.5) is 0 Å². The molecule has 1 aliphatic carbocycles. The lowest BCUT2D eigenvalue weighted by molar-refractivity contribution is 0.0200. The van der Waals surface area contributed by atoms with Crippen molar-refractivity contribution in [1.82, 2.24) is 0 Å². The van der Waals surface area contributed by atoms with Crippen LogP contribution in [0.2, 0.25) is 10.0 Å². The molecule has 0 radical (unpaired) electrons. The van der Waals surface area contributed by atoms with E-state index in [2.05, 4.69) is 17.1 Å². The van der Waals surface area contributed by atoms with E-state index in [1.54, 1.807) is 18.2 Å². The van der Waals surface area contributed by atoms with Gasteiger partial charge >= 0.3 is 0 Å². The predicted octanol–water partition coefficient (Wildman–Crippen LogP) is 2.90. The lowest BCUT2D eigenvalue weighted by atomic mass is 9.95. The molecule has 2 aliphatic heterocycles. The van der Waals surface area contributed by atoms with E-state index in [0.29, 0.717) is 28.0 Å². The number of nitrogens with two attached hydrogens (primary N) is 1. The molecule has 0 aromatic heterocycles. The number of hydrogen-bond donors (Lipinski definition) is 1. The summed E-state index contributed by atoms with van der Waals surface area (Å²) in [7, 11) is 0. The van der Waals surface area contributed by atoms with Crippen LogP contribution < -0.4 is 5.73 Å². The molecule has 1 aromatic carbocycles. The predicted molar refractivity (Wildman–Crippen MR) is 88.1 cm³/mol. The van der Waals surface area contributed by atoms with E-state index in [9.17, 15) is 10.5 Å². The topological polar surface area (TPSA) is 95.2 Å². The Hall–Kier alpha value is -1.44. The van der Waals surface area contributed by atoms with Gasteiger partial charge in [0.05, 0.1) is 28.8 Å². The molecule has 23 heavy (non-hydrogen) atoms. The summed E-state index contributed by atoms with van der Waals surface area (Å²) in [4.78, 5) is 4.38. The first kappa shape index (κ1) is 15.1. The van der Waals surface area contributed by atoms with Crippen LogP contribution in [-0.4, -0.2) is 23.3 Å². The van der Waals surface area contributed by atoms with Crippen LogP contribution >= 0.6 is 35.0 Å². The molecule has 0 unspecified atom stereocenters. The molecule has 5 nitrogen and oxygen atoms in total. The smallest absolute Gasteiger partial charge is 0.230 e. The van der Waals surface area contributed by atoms with E-state index in [1.807, 2.05) is 0 Å². The highest BCUT2D eigenvalue weighted by atomic mass is 35.5. The van der Waals surface area contributed by atoms with Gasteiger partial charge in [-0.1, -0.05) is 47.1 Å². The van der Waals surface area contributed by atoms with Gasteiger partial charge in [0.2, 0.25) is 5.06 Å². The minimum absolute atomic E-state index is 0.136. The Morgan fingerprint density at radius 3 is 2.74 bits per heavy atom. The number of rotatable bonds is 1. The number of thioether (sulfide) groups is 1. The van der Waals surface area contributed by atoms with Gasteiger partial charge < -0.3 is 10.5 Å². The number of amidine groups is 1. The second-order valence-electron chi connectivity index (χ2n) is 5.69. The molecule has 0 bridgehead atoms. The van der Waals surface area contributed by atoms with Crippen molar-refractivity contribution in [2.45, 2.75) is 11.0 Å². The summed E-state index contributed by atoms with van der Waals surface area (Å²) in [6, 6.07) is 9.71. The van der Waals surface area contributed by atoms with Gasteiger partial charge in [-0.3, -0.25) is 0 Å². The van der Waals surface area contributed by atoms with E-state index in [4.69, 9.17) is 33.7 Å². The van der Waals surface area contributed by atoms with E-state index in [-0.39, 0.29) is 5.84 Å². The molecule has 2 N–H and O–H groups in total. The number of fused-ring (bicyclic) bond motifs is 2. The van der Waals surface area contributed by atoms with Gasteiger partial charge in [-0.05, 0) is 11.6 Å². The molecule has 116 valence electrons. The molecule has 1 aromatic rings. The van der Waals surface area contributed by atoms with Crippen LogP contribution in [0.25, 0.3) is 0 Å². The van der Waals surface area contributed by atoms with Crippen LogP contribution in [0, 0.1) is 33.5 Å². The molecule has 1 saturated carbocycles. The largest absolute Gasteiger partial charge is 0.386 e. The second-order valence-corrected chi connectivity index (χ2v) is 7.73. The first-order valence-electron chi connectivity index (χ1n) is 6.91. The Kier molecular flexibility index (Phi) is 2.99. The highest BCUT2D eigenvalue weighted by molar-refractivity contribution is 8.00. The maximum atomic E-state index is 10.00. The lowest BCUT2D eigenvalue weighted by Gasteiger charge is -2.26. The van der Waals surface area contributed by atoms with Gasteiger partial charge in [0.25, 0.3) is 0 Å². The number of nitrogens with zero attached hydrogens (tertiary/aromatic N) is 3. The number of aliphatic imine (C=N–C) groups is 1. The van der Waals surface area contributed by atoms with Gasteiger partial charge in [0.1, 0.15) is 11.3 Å². The maximum Gasteiger partial charge on any atom is 0.230 e. The zero-order valence-electron chi connectivity index (χ0n) is 11.7. The third-order valence-electron chi connectivity index (χ3n) is 4.90. The normalized spacial score (nSPS) is 40.3. The number of hydrogen-bond acceptors (Lipinski definition) is 6. The van der Waals surface area contributed by atoms with Crippen molar-refractivity contribution >= 4 is 40.8 Å². The van der Waals surface area contributed by atoms with Gasteiger partial charge in [0, 0.05) is 11.7 Å². The number of nitriles is 2. The zero-order chi connectivity index (χ0) is 16.5. The molecule has 2 heterocycles. The summed E-state index contributed by atoms with van der Waals surface area (Å²) >= 11 is 13.9. The summed E-state index contributed by atoms with van der Waals surface area (Å²) in [6.45, 7) is 0.461. The molecule has 4 atom stereocenters. The standard InChI is InChI=1S/C15H10Cl2N4OS/c16-9-3-1-2-8(10(9)17)11-13(6-18)12(20)21-15(14(11,13)7-19)22-4-5-23-15/h1-3,11H,4-5H2,(H2,20,21)/t11-,13+,14+,15+/m0/s1. The fourth-order valence-corrected chi connectivity index (χ4v) is 5.67. The van der Waals surface area contributed by atoms with Crippen LogP contribution in [-0.2, 0) is 4.74 Å². The van der Waals surface area contributed by atoms with Crippen LogP contribution in [0.1, 0.15) is 11.5 Å². The van der Waals surface area contributed by atoms with Crippen LogP contribution in [0.3, 0.4) is 0 Å². The summed E-state index contributed by atoms with van der Waals surface area (Å²) in [5.41, 5.74) is 4.32. The first-order chi connectivity index (χ1) is 11.0. The Balaban J connectivity index is 1.97. The zero-order valence-corrected chi connectivity index (χ0v) is 14.0. The average Bonchev–Trinajstić information content (AvgIpc) is 2.78. The quantitative estimate of drug-likeness (QED) is 0.826. The number of halogens is 2. The highest BCUT2D eigenvalue weighted by Crippen LogP contribution is 2.84. The summed E-state index contributed by atoms with van der Waals surface area (Å²) < 4.78 is 5.81. The summed E-state index contributed by atoms with van der Waals surface area (Å²) in [5, 5.41) is 19.4.